The molecule has 114 valence electrons. The molecule has 0 aliphatic carbocycles. The molecule has 0 atom stereocenters. The highest BCUT2D eigenvalue weighted by molar-refractivity contribution is 6.30. The predicted octanol–water partition coefficient (Wildman–Crippen LogP) is 4.84. The quantitative estimate of drug-likeness (QED) is 0.658. The van der Waals surface area contributed by atoms with Gasteiger partial charge in [0.2, 0.25) is 0 Å². The van der Waals surface area contributed by atoms with Gasteiger partial charge >= 0.3 is 0 Å². The SMILES string of the molecule is COc1cc(-c2ccc[nH]2)[nH]c1C=Nc1ccc(Cl)cc1.Cl. The molecular weight excluding hydrogens is 321 g/mol. The molecule has 3 rings (SSSR count). The normalized spacial score (nSPS) is 10.6. The van der Waals surface area contributed by atoms with Crippen LogP contribution in [0.25, 0.3) is 11.4 Å². The zero-order chi connectivity index (χ0) is 14.7. The number of nitrogens with zero attached hydrogens (tertiary/aromatic N) is 1. The van der Waals surface area contributed by atoms with Crippen LogP contribution in [-0.2, 0) is 0 Å². The second-order valence-corrected chi connectivity index (χ2v) is 4.92. The summed E-state index contributed by atoms with van der Waals surface area (Å²) in [7, 11) is 1.64. The number of methoxy groups -OCH3 is 1. The van der Waals surface area contributed by atoms with Crippen LogP contribution in [0.1, 0.15) is 5.69 Å². The number of hydrogen-bond donors (Lipinski definition) is 2. The first-order valence-corrected chi connectivity index (χ1v) is 6.84. The lowest BCUT2D eigenvalue weighted by atomic mass is 10.3. The van der Waals surface area contributed by atoms with E-state index in [1.165, 1.54) is 0 Å². The van der Waals surface area contributed by atoms with Gasteiger partial charge in [-0.2, -0.15) is 0 Å². The predicted molar refractivity (Wildman–Crippen MR) is 93.1 cm³/mol. The van der Waals surface area contributed by atoms with E-state index >= 15 is 0 Å². The van der Waals surface area contributed by atoms with Crippen molar-refractivity contribution in [3.8, 4) is 17.1 Å². The number of nitrogens with one attached hydrogen (secondary N) is 2. The molecule has 0 fully saturated rings. The molecule has 4 nitrogen and oxygen atoms in total. The summed E-state index contributed by atoms with van der Waals surface area (Å²) in [6.45, 7) is 0. The standard InChI is InChI=1S/C16H14ClN3O.ClH/c1-21-16-9-14(13-3-2-8-18-13)20-15(16)10-19-12-6-4-11(17)5-7-12;/h2-10,18,20H,1H3;1H. The van der Waals surface area contributed by atoms with Crippen LogP contribution in [0.3, 0.4) is 0 Å². The molecule has 0 radical (unpaired) electrons. The maximum Gasteiger partial charge on any atom is 0.146 e. The van der Waals surface area contributed by atoms with Crippen molar-refractivity contribution in [1.29, 1.82) is 0 Å². The van der Waals surface area contributed by atoms with Crippen LogP contribution in [0.4, 0.5) is 5.69 Å². The zero-order valence-electron chi connectivity index (χ0n) is 11.8. The molecule has 3 aromatic rings. The molecule has 0 aliphatic rings. The zero-order valence-corrected chi connectivity index (χ0v) is 13.4. The molecule has 2 aromatic heterocycles. The fraction of sp³-hybridized carbons (Fsp3) is 0.0625. The lowest BCUT2D eigenvalue weighted by molar-refractivity contribution is 0.415. The Kier molecular flexibility index (Phi) is 5.31. The summed E-state index contributed by atoms with van der Waals surface area (Å²) in [5.74, 6) is 0.748. The molecule has 0 aliphatic heterocycles. The monoisotopic (exact) mass is 335 g/mol. The average molecular weight is 336 g/mol. The van der Waals surface area contributed by atoms with E-state index < -0.39 is 0 Å². The van der Waals surface area contributed by atoms with Gasteiger partial charge in [-0.25, -0.2) is 0 Å². The Morgan fingerprint density at radius 1 is 1.14 bits per heavy atom. The van der Waals surface area contributed by atoms with Gasteiger partial charge in [0.25, 0.3) is 0 Å². The van der Waals surface area contributed by atoms with Gasteiger partial charge in [-0.05, 0) is 36.4 Å². The van der Waals surface area contributed by atoms with Crippen molar-refractivity contribution in [2.24, 2.45) is 4.99 Å². The molecule has 2 N–H and O–H groups in total. The highest BCUT2D eigenvalue weighted by atomic mass is 35.5. The third-order valence-corrected chi connectivity index (χ3v) is 3.34. The topological polar surface area (TPSA) is 53.2 Å². The van der Waals surface area contributed by atoms with E-state index in [0.717, 1.165) is 28.5 Å². The van der Waals surface area contributed by atoms with Crippen molar-refractivity contribution in [3.63, 3.8) is 0 Å². The average Bonchev–Trinajstić information content (AvgIpc) is 3.15. The van der Waals surface area contributed by atoms with Crippen LogP contribution < -0.4 is 4.74 Å². The third kappa shape index (κ3) is 3.53. The lowest BCUT2D eigenvalue weighted by Crippen LogP contribution is -1.87. The number of aliphatic imine (C=N–C) groups is 1. The minimum Gasteiger partial charge on any atom is -0.494 e. The maximum absolute atomic E-state index is 5.86. The summed E-state index contributed by atoms with van der Waals surface area (Å²) in [6.07, 6.45) is 3.62. The third-order valence-electron chi connectivity index (χ3n) is 3.09. The van der Waals surface area contributed by atoms with E-state index in [0.29, 0.717) is 5.02 Å². The summed E-state index contributed by atoms with van der Waals surface area (Å²) >= 11 is 5.86. The summed E-state index contributed by atoms with van der Waals surface area (Å²) in [5, 5.41) is 0.695. The molecule has 0 spiro atoms. The highest BCUT2D eigenvalue weighted by Gasteiger charge is 2.08. The Morgan fingerprint density at radius 2 is 1.91 bits per heavy atom. The number of rotatable bonds is 4. The summed E-state index contributed by atoms with van der Waals surface area (Å²) in [6, 6.07) is 13.2. The molecule has 0 saturated heterocycles. The van der Waals surface area contributed by atoms with Crippen LogP contribution in [-0.4, -0.2) is 23.3 Å². The van der Waals surface area contributed by atoms with Crippen LogP contribution in [0.2, 0.25) is 5.02 Å². The van der Waals surface area contributed by atoms with Crippen molar-refractivity contribution in [2.45, 2.75) is 0 Å². The van der Waals surface area contributed by atoms with E-state index in [1.54, 1.807) is 13.3 Å². The van der Waals surface area contributed by atoms with Gasteiger partial charge < -0.3 is 14.7 Å². The van der Waals surface area contributed by atoms with Crippen LogP contribution in [0, 0.1) is 0 Å². The number of benzene rings is 1. The van der Waals surface area contributed by atoms with Crippen molar-refractivity contribution < 1.29 is 4.74 Å². The van der Waals surface area contributed by atoms with Gasteiger partial charge in [0.05, 0.1) is 36.1 Å². The maximum atomic E-state index is 5.86. The molecule has 2 heterocycles. The molecule has 6 heteroatoms. The first kappa shape index (κ1) is 16.2. The lowest BCUT2D eigenvalue weighted by Gasteiger charge is -1.97. The summed E-state index contributed by atoms with van der Waals surface area (Å²) < 4.78 is 5.37. The van der Waals surface area contributed by atoms with Gasteiger partial charge in [0.1, 0.15) is 5.75 Å². The van der Waals surface area contributed by atoms with Gasteiger partial charge in [-0.1, -0.05) is 11.6 Å². The molecule has 22 heavy (non-hydrogen) atoms. The molecular formula is C16H15Cl2N3O. The Labute approximate surface area is 139 Å². The van der Waals surface area contributed by atoms with Crippen LogP contribution in [0.5, 0.6) is 5.75 Å². The first-order chi connectivity index (χ1) is 10.3. The largest absolute Gasteiger partial charge is 0.494 e. The number of halogens is 2. The summed E-state index contributed by atoms with van der Waals surface area (Å²) in [5.41, 5.74) is 3.60. The summed E-state index contributed by atoms with van der Waals surface area (Å²) in [4.78, 5) is 10.9. The van der Waals surface area contributed by atoms with Crippen molar-refractivity contribution in [1.82, 2.24) is 9.97 Å². The number of aromatic nitrogens is 2. The Balaban J connectivity index is 0.00000176. The van der Waals surface area contributed by atoms with Gasteiger partial charge in [0.15, 0.2) is 0 Å². The van der Waals surface area contributed by atoms with E-state index in [1.807, 2.05) is 48.7 Å². The molecule has 0 unspecified atom stereocenters. The Bertz CT molecular complexity index is 746. The number of hydrogen-bond acceptors (Lipinski definition) is 2. The second kappa shape index (κ2) is 7.20. The van der Waals surface area contributed by atoms with Crippen molar-refractivity contribution >= 4 is 35.9 Å². The minimum atomic E-state index is 0. The molecule has 0 saturated carbocycles. The van der Waals surface area contributed by atoms with Crippen LogP contribution in [0.15, 0.2) is 53.7 Å². The smallest absolute Gasteiger partial charge is 0.146 e. The number of H-pyrrole nitrogens is 2. The van der Waals surface area contributed by atoms with Crippen molar-refractivity contribution in [2.75, 3.05) is 7.11 Å². The van der Waals surface area contributed by atoms with E-state index in [4.69, 9.17) is 16.3 Å². The van der Waals surface area contributed by atoms with E-state index in [-0.39, 0.29) is 12.4 Å². The number of ether oxygens (including phenoxy) is 1. The van der Waals surface area contributed by atoms with Gasteiger partial charge in [-0.15, -0.1) is 12.4 Å². The highest BCUT2D eigenvalue weighted by Crippen LogP contribution is 2.25. The van der Waals surface area contributed by atoms with E-state index in [9.17, 15) is 0 Å². The molecule has 1 aromatic carbocycles. The fourth-order valence-corrected chi connectivity index (χ4v) is 2.15. The molecule has 0 bridgehead atoms. The van der Waals surface area contributed by atoms with Gasteiger partial charge in [0, 0.05) is 17.3 Å². The van der Waals surface area contributed by atoms with Crippen LogP contribution >= 0.6 is 24.0 Å². The Morgan fingerprint density at radius 3 is 2.55 bits per heavy atom. The van der Waals surface area contributed by atoms with Gasteiger partial charge in [-0.3, -0.25) is 4.99 Å². The second-order valence-electron chi connectivity index (χ2n) is 4.48. The first-order valence-electron chi connectivity index (χ1n) is 6.46. The fourth-order valence-electron chi connectivity index (χ4n) is 2.03. The molecule has 0 amide bonds. The van der Waals surface area contributed by atoms with Crippen molar-refractivity contribution in [3.05, 3.63) is 59.4 Å². The Hall–Kier alpha value is -2.17. The minimum absolute atomic E-state index is 0. The van der Waals surface area contributed by atoms with E-state index in [2.05, 4.69) is 15.0 Å². The number of aromatic amines is 2.